The number of para-hydroxylation sites is 3. The summed E-state index contributed by atoms with van der Waals surface area (Å²) in [6.45, 7) is 0. The zero-order valence-electron chi connectivity index (χ0n) is 17.6. The highest BCUT2D eigenvalue weighted by molar-refractivity contribution is 6.12. The van der Waals surface area contributed by atoms with Crippen molar-refractivity contribution < 1.29 is 0 Å². The molecule has 0 amide bonds. The molecule has 0 bridgehead atoms. The molecule has 2 heteroatoms. The molecular weight excluding hydrogens is 388 g/mol. The molecule has 0 N–H and O–H groups in total. The Morgan fingerprint density at radius 3 is 1.69 bits per heavy atom. The second kappa shape index (κ2) is 7.75. The molecule has 0 saturated heterocycles. The van der Waals surface area contributed by atoms with Crippen LogP contribution < -0.4 is 4.90 Å². The van der Waals surface area contributed by atoms with Crippen molar-refractivity contribution in [3.05, 3.63) is 134 Å². The van der Waals surface area contributed by atoms with Gasteiger partial charge in [0.25, 0.3) is 0 Å². The van der Waals surface area contributed by atoms with E-state index in [9.17, 15) is 0 Å². The molecule has 0 unspecified atom stereocenters. The van der Waals surface area contributed by atoms with Crippen molar-refractivity contribution in [2.45, 2.75) is 0 Å². The fourth-order valence-corrected chi connectivity index (χ4v) is 4.53. The van der Waals surface area contributed by atoms with Gasteiger partial charge in [-0.25, -0.2) is 0 Å². The standard InChI is InChI=1S/C30H22N2/c1-4-13-24(14-5-1)31-22-29(28-21-20-23-12-10-11-19-27(23)30(28)31)32(25-15-6-2-7-16-25)26-17-8-3-9-18-26/h1-22H. The first-order valence-electron chi connectivity index (χ1n) is 10.9. The van der Waals surface area contributed by atoms with Gasteiger partial charge in [0, 0.05) is 34.0 Å². The van der Waals surface area contributed by atoms with Gasteiger partial charge in [-0.15, -0.1) is 0 Å². The largest absolute Gasteiger partial charge is 0.314 e. The van der Waals surface area contributed by atoms with Crippen molar-refractivity contribution in [3.63, 3.8) is 0 Å². The minimum absolute atomic E-state index is 1.14. The van der Waals surface area contributed by atoms with Crippen LogP contribution >= 0.6 is 0 Å². The Hall–Kier alpha value is -4.30. The van der Waals surface area contributed by atoms with E-state index in [2.05, 4.69) is 143 Å². The van der Waals surface area contributed by atoms with Gasteiger partial charge in [-0.2, -0.15) is 0 Å². The van der Waals surface area contributed by atoms with Gasteiger partial charge >= 0.3 is 0 Å². The van der Waals surface area contributed by atoms with Crippen LogP contribution in [0.1, 0.15) is 0 Å². The Morgan fingerprint density at radius 1 is 0.469 bits per heavy atom. The maximum Gasteiger partial charge on any atom is 0.0721 e. The normalized spacial score (nSPS) is 11.1. The maximum absolute atomic E-state index is 2.34. The average molecular weight is 411 g/mol. The summed E-state index contributed by atoms with van der Waals surface area (Å²) in [4.78, 5) is 2.34. The molecule has 0 fully saturated rings. The molecule has 0 spiro atoms. The van der Waals surface area contributed by atoms with Crippen molar-refractivity contribution in [2.75, 3.05) is 4.90 Å². The lowest BCUT2D eigenvalue weighted by Crippen LogP contribution is -2.09. The summed E-state index contributed by atoms with van der Waals surface area (Å²) in [5.74, 6) is 0. The molecule has 0 radical (unpaired) electrons. The van der Waals surface area contributed by atoms with Gasteiger partial charge in [0.1, 0.15) is 0 Å². The third kappa shape index (κ3) is 3.05. The summed E-state index contributed by atoms with van der Waals surface area (Å²) >= 11 is 0. The van der Waals surface area contributed by atoms with Crippen LogP contribution in [-0.2, 0) is 0 Å². The molecule has 2 nitrogen and oxygen atoms in total. The lowest BCUT2D eigenvalue weighted by Gasteiger charge is -2.24. The Labute approximate surface area is 187 Å². The van der Waals surface area contributed by atoms with Crippen molar-refractivity contribution in [2.24, 2.45) is 0 Å². The van der Waals surface area contributed by atoms with Crippen LogP contribution in [0.2, 0.25) is 0 Å². The van der Waals surface area contributed by atoms with Crippen molar-refractivity contribution in [3.8, 4) is 5.69 Å². The van der Waals surface area contributed by atoms with E-state index in [4.69, 9.17) is 0 Å². The van der Waals surface area contributed by atoms with Gasteiger partial charge in [0.15, 0.2) is 0 Å². The Bertz CT molecular complexity index is 1460. The molecule has 0 saturated carbocycles. The van der Waals surface area contributed by atoms with Gasteiger partial charge < -0.3 is 9.47 Å². The molecule has 6 aromatic rings. The quantitative estimate of drug-likeness (QED) is 0.284. The second-order valence-corrected chi connectivity index (χ2v) is 7.91. The minimum Gasteiger partial charge on any atom is -0.314 e. The fraction of sp³-hybridized carbons (Fsp3) is 0. The second-order valence-electron chi connectivity index (χ2n) is 7.91. The zero-order valence-corrected chi connectivity index (χ0v) is 17.6. The predicted octanol–water partition coefficient (Wildman–Crippen LogP) is 8.25. The number of anilines is 3. The number of aromatic nitrogens is 1. The first-order chi connectivity index (χ1) is 15.9. The Kier molecular flexibility index (Phi) is 4.47. The number of hydrogen-bond donors (Lipinski definition) is 0. The van der Waals surface area contributed by atoms with Crippen molar-refractivity contribution in [1.82, 2.24) is 4.57 Å². The third-order valence-corrected chi connectivity index (χ3v) is 5.97. The number of hydrogen-bond acceptors (Lipinski definition) is 1. The highest BCUT2D eigenvalue weighted by atomic mass is 15.2. The molecule has 152 valence electrons. The number of fused-ring (bicyclic) bond motifs is 3. The zero-order chi connectivity index (χ0) is 21.3. The molecule has 1 aromatic heterocycles. The van der Waals surface area contributed by atoms with Crippen LogP contribution in [0.3, 0.4) is 0 Å². The van der Waals surface area contributed by atoms with Crippen LogP contribution in [0.5, 0.6) is 0 Å². The van der Waals surface area contributed by atoms with Gasteiger partial charge in [0.2, 0.25) is 0 Å². The molecule has 1 heterocycles. The maximum atomic E-state index is 2.34. The van der Waals surface area contributed by atoms with Gasteiger partial charge in [0.05, 0.1) is 11.2 Å². The summed E-state index contributed by atoms with van der Waals surface area (Å²) in [7, 11) is 0. The van der Waals surface area contributed by atoms with Crippen LogP contribution in [0.25, 0.3) is 27.4 Å². The van der Waals surface area contributed by atoms with Crippen LogP contribution in [-0.4, -0.2) is 4.57 Å². The summed E-state index contributed by atoms with van der Waals surface area (Å²) in [5, 5.41) is 3.72. The number of benzene rings is 5. The van der Waals surface area contributed by atoms with Crippen LogP contribution in [0.4, 0.5) is 17.1 Å². The Morgan fingerprint density at radius 2 is 1.03 bits per heavy atom. The number of rotatable bonds is 4. The van der Waals surface area contributed by atoms with E-state index in [1.54, 1.807) is 0 Å². The van der Waals surface area contributed by atoms with E-state index in [0.29, 0.717) is 0 Å². The molecule has 0 aliphatic rings. The molecule has 32 heavy (non-hydrogen) atoms. The van der Waals surface area contributed by atoms with Crippen LogP contribution in [0, 0.1) is 0 Å². The minimum atomic E-state index is 1.14. The molecule has 0 aliphatic carbocycles. The van der Waals surface area contributed by atoms with E-state index < -0.39 is 0 Å². The highest BCUT2D eigenvalue weighted by Crippen LogP contribution is 2.42. The summed E-state index contributed by atoms with van der Waals surface area (Å²) in [6, 6.07) is 44.9. The van der Waals surface area contributed by atoms with Crippen LogP contribution in [0.15, 0.2) is 134 Å². The topological polar surface area (TPSA) is 8.17 Å². The summed E-state index contributed by atoms with van der Waals surface area (Å²) < 4.78 is 2.33. The molecule has 0 atom stereocenters. The van der Waals surface area contributed by atoms with E-state index in [0.717, 1.165) is 22.7 Å². The molecule has 6 rings (SSSR count). The highest BCUT2D eigenvalue weighted by Gasteiger charge is 2.20. The summed E-state index contributed by atoms with van der Waals surface area (Å²) in [6.07, 6.45) is 2.27. The lowest BCUT2D eigenvalue weighted by atomic mass is 10.1. The van der Waals surface area contributed by atoms with E-state index in [1.165, 1.54) is 21.7 Å². The lowest BCUT2D eigenvalue weighted by molar-refractivity contribution is 1.12. The van der Waals surface area contributed by atoms with E-state index in [-0.39, 0.29) is 0 Å². The Balaban J connectivity index is 1.71. The fourth-order valence-electron chi connectivity index (χ4n) is 4.53. The van der Waals surface area contributed by atoms with Crippen molar-refractivity contribution in [1.29, 1.82) is 0 Å². The predicted molar refractivity (Wildman–Crippen MR) is 135 cm³/mol. The van der Waals surface area contributed by atoms with E-state index >= 15 is 0 Å². The SMILES string of the molecule is c1ccc(N(c2ccccc2)c2cn(-c3ccccc3)c3c2ccc2ccccc23)cc1. The van der Waals surface area contributed by atoms with Gasteiger partial charge in [-0.1, -0.05) is 91.0 Å². The van der Waals surface area contributed by atoms with Gasteiger partial charge in [-0.05, 0) is 41.8 Å². The smallest absolute Gasteiger partial charge is 0.0721 e. The molecular formula is C30H22N2. The van der Waals surface area contributed by atoms with Crippen molar-refractivity contribution >= 4 is 38.7 Å². The molecule has 5 aromatic carbocycles. The average Bonchev–Trinajstić information content (AvgIpc) is 3.26. The number of nitrogens with zero attached hydrogens (tertiary/aromatic N) is 2. The monoisotopic (exact) mass is 410 g/mol. The third-order valence-electron chi connectivity index (χ3n) is 5.97. The van der Waals surface area contributed by atoms with Gasteiger partial charge in [-0.3, -0.25) is 0 Å². The van der Waals surface area contributed by atoms with E-state index in [1.807, 2.05) is 0 Å². The molecule has 0 aliphatic heterocycles. The summed E-state index contributed by atoms with van der Waals surface area (Å²) in [5.41, 5.74) is 5.81. The first kappa shape index (κ1) is 18.5. The first-order valence-corrected chi connectivity index (χ1v) is 10.9.